The summed E-state index contributed by atoms with van der Waals surface area (Å²) >= 11 is 8.11. The molecule has 6 rings (SSSR count). The van der Waals surface area contributed by atoms with Gasteiger partial charge in [-0.05, 0) is 49.4 Å². The Hall–Kier alpha value is -3.86. The number of nitrogens with one attached hydrogen (secondary N) is 1. The number of rotatable bonds is 6. The number of carbonyl (C=O) groups excluding carboxylic acids is 3. The van der Waals surface area contributed by atoms with Crippen molar-refractivity contribution in [2.45, 2.75) is 29.7 Å². The minimum atomic E-state index is -0.786. The minimum Gasteiger partial charge on any atom is -0.496 e. The summed E-state index contributed by atoms with van der Waals surface area (Å²) in [7, 11) is 1.55. The summed E-state index contributed by atoms with van der Waals surface area (Å²) in [6, 6.07) is 21.2. The number of hydrogen-bond donors (Lipinski definition) is 1. The smallest absolute Gasteiger partial charge is 0.308 e. The number of ether oxygens (including phenoxy) is 1. The number of carbonyl (C=O) groups is 3. The third kappa shape index (κ3) is 4.86. The van der Waals surface area contributed by atoms with Crippen LogP contribution >= 0.6 is 34.7 Å². The molecule has 3 heterocycles. The van der Waals surface area contributed by atoms with E-state index in [1.165, 1.54) is 21.2 Å². The van der Waals surface area contributed by atoms with Gasteiger partial charge in [0.15, 0.2) is 0 Å². The Balaban J connectivity index is 1.43. The summed E-state index contributed by atoms with van der Waals surface area (Å²) in [5.74, 6) is -1.90. The number of aryl methyl sites for hydroxylation is 1. The first-order chi connectivity index (χ1) is 19.8. The van der Waals surface area contributed by atoms with Crippen LogP contribution in [0.4, 0.5) is 11.4 Å². The lowest BCUT2D eigenvalue weighted by atomic mass is 9.82. The molecular formula is C30H24ClN3O5S2. The van der Waals surface area contributed by atoms with Crippen LogP contribution in [0.2, 0.25) is 5.02 Å². The first-order valence-electron chi connectivity index (χ1n) is 12.8. The number of imide groups is 1. The van der Waals surface area contributed by atoms with Crippen molar-refractivity contribution in [3.05, 3.63) is 103 Å². The maximum atomic E-state index is 14.0. The van der Waals surface area contributed by atoms with Gasteiger partial charge in [-0.3, -0.25) is 23.7 Å². The first-order valence-corrected chi connectivity index (χ1v) is 14.9. The van der Waals surface area contributed by atoms with E-state index in [9.17, 15) is 19.2 Å². The maximum Gasteiger partial charge on any atom is 0.308 e. The monoisotopic (exact) mass is 605 g/mol. The number of methoxy groups -OCH3 is 1. The zero-order chi connectivity index (χ0) is 28.8. The Morgan fingerprint density at radius 1 is 0.976 bits per heavy atom. The highest BCUT2D eigenvalue weighted by Gasteiger charge is 2.57. The summed E-state index contributed by atoms with van der Waals surface area (Å²) in [6.07, 6.45) is 0. The van der Waals surface area contributed by atoms with Crippen LogP contribution in [0.3, 0.4) is 0 Å². The number of anilines is 2. The second-order valence-electron chi connectivity index (χ2n) is 9.81. The van der Waals surface area contributed by atoms with Crippen LogP contribution < -0.4 is 19.8 Å². The van der Waals surface area contributed by atoms with Crippen molar-refractivity contribution in [1.29, 1.82) is 0 Å². The number of hydrogen-bond acceptors (Lipinski definition) is 7. The zero-order valence-corrected chi connectivity index (χ0v) is 24.4. The average Bonchev–Trinajstić information content (AvgIpc) is 3.41. The number of fused-ring (bicyclic) bond motifs is 2. The van der Waals surface area contributed by atoms with Crippen LogP contribution in [0.15, 0.2) is 82.6 Å². The summed E-state index contributed by atoms with van der Waals surface area (Å²) in [4.78, 5) is 55.8. The number of amides is 3. The lowest BCUT2D eigenvalue weighted by Gasteiger charge is -2.31. The van der Waals surface area contributed by atoms with E-state index in [-0.39, 0.29) is 23.2 Å². The molecule has 2 aliphatic rings. The van der Waals surface area contributed by atoms with E-state index < -0.39 is 23.0 Å². The van der Waals surface area contributed by atoms with E-state index in [1.54, 1.807) is 49.6 Å². The van der Waals surface area contributed by atoms with Crippen molar-refractivity contribution >= 4 is 63.8 Å². The minimum absolute atomic E-state index is 0.250. The summed E-state index contributed by atoms with van der Waals surface area (Å²) < 4.78 is 7.04. The molecule has 3 amide bonds. The maximum absolute atomic E-state index is 14.0. The zero-order valence-electron chi connectivity index (χ0n) is 22.0. The number of nitrogens with zero attached hydrogens (tertiary/aromatic N) is 2. The van der Waals surface area contributed by atoms with Crippen molar-refractivity contribution in [1.82, 2.24) is 4.57 Å². The van der Waals surface area contributed by atoms with E-state index >= 15 is 0 Å². The van der Waals surface area contributed by atoms with Gasteiger partial charge in [0, 0.05) is 27.1 Å². The van der Waals surface area contributed by atoms with Gasteiger partial charge in [-0.2, -0.15) is 0 Å². The lowest BCUT2D eigenvalue weighted by molar-refractivity contribution is -0.122. The van der Waals surface area contributed by atoms with E-state index in [0.29, 0.717) is 37.6 Å². The third-order valence-electron chi connectivity index (χ3n) is 7.25. The van der Waals surface area contributed by atoms with Gasteiger partial charge in [-0.1, -0.05) is 70.6 Å². The predicted octanol–water partition coefficient (Wildman–Crippen LogP) is 5.31. The summed E-state index contributed by atoms with van der Waals surface area (Å²) in [5.41, 5.74) is 2.76. The van der Waals surface area contributed by atoms with Gasteiger partial charge in [0.05, 0.1) is 23.7 Å². The lowest BCUT2D eigenvalue weighted by Crippen LogP contribution is -2.33. The Kier molecular flexibility index (Phi) is 7.23. The highest BCUT2D eigenvalue weighted by atomic mass is 35.5. The molecule has 1 fully saturated rings. The van der Waals surface area contributed by atoms with Crippen molar-refractivity contribution in [3.8, 4) is 5.75 Å². The Morgan fingerprint density at radius 2 is 1.68 bits per heavy atom. The fourth-order valence-electron chi connectivity index (χ4n) is 5.34. The first kappa shape index (κ1) is 27.3. The van der Waals surface area contributed by atoms with Gasteiger partial charge in [0.1, 0.15) is 17.5 Å². The van der Waals surface area contributed by atoms with Crippen LogP contribution in [0.1, 0.15) is 21.9 Å². The average molecular weight is 606 g/mol. The van der Waals surface area contributed by atoms with Gasteiger partial charge in [0.2, 0.25) is 17.7 Å². The van der Waals surface area contributed by atoms with Crippen LogP contribution in [0.25, 0.3) is 0 Å². The van der Waals surface area contributed by atoms with Gasteiger partial charge in [0.25, 0.3) is 0 Å². The summed E-state index contributed by atoms with van der Waals surface area (Å²) in [5, 5.41) is 3.05. The van der Waals surface area contributed by atoms with Crippen LogP contribution in [0.5, 0.6) is 5.75 Å². The number of halogens is 1. The number of thiazole rings is 1. The van der Waals surface area contributed by atoms with E-state index in [4.69, 9.17) is 16.3 Å². The molecule has 208 valence electrons. The molecule has 4 aromatic rings. The molecule has 41 heavy (non-hydrogen) atoms. The molecule has 2 aliphatic heterocycles. The fraction of sp³-hybridized carbons (Fsp3) is 0.200. The van der Waals surface area contributed by atoms with E-state index in [1.807, 2.05) is 37.3 Å². The number of benzene rings is 3. The molecule has 11 heteroatoms. The molecule has 1 aromatic heterocycles. The second kappa shape index (κ2) is 10.8. The Labute approximate surface area is 248 Å². The largest absolute Gasteiger partial charge is 0.496 e. The predicted molar refractivity (Wildman–Crippen MR) is 160 cm³/mol. The fourth-order valence-corrected chi connectivity index (χ4v) is 8.23. The van der Waals surface area contributed by atoms with E-state index in [2.05, 4.69) is 5.32 Å². The third-order valence-corrected chi connectivity index (χ3v) is 10.1. The van der Waals surface area contributed by atoms with Gasteiger partial charge >= 0.3 is 4.87 Å². The van der Waals surface area contributed by atoms with Crippen LogP contribution in [-0.4, -0.2) is 34.6 Å². The van der Waals surface area contributed by atoms with Crippen molar-refractivity contribution < 1.29 is 19.1 Å². The molecule has 0 spiro atoms. The standard InChI is InChI=1S/C30H24ClN3O5S2/c1-16-7-13-19(14-8-16)34-27(36)24-23(20-5-3-4-6-21(20)39-2)26-29(40-25(24)28(34)37)33(30(38)41-26)15-22(35)32-18-11-9-17(31)10-12-18/h3-14,23-25H,15H2,1-2H3,(H,32,35)/t23-,24-,25+/m0/s1. The molecule has 1 N–H and O–H groups in total. The second-order valence-corrected chi connectivity index (χ2v) is 12.4. The number of aromatic nitrogens is 1. The van der Waals surface area contributed by atoms with Gasteiger partial charge in [-0.25, -0.2) is 4.90 Å². The van der Waals surface area contributed by atoms with Gasteiger partial charge < -0.3 is 10.1 Å². The molecule has 0 aliphatic carbocycles. The molecular weight excluding hydrogens is 582 g/mol. The molecule has 0 unspecified atom stereocenters. The molecule has 8 nitrogen and oxygen atoms in total. The van der Waals surface area contributed by atoms with Crippen LogP contribution in [0, 0.1) is 12.8 Å². The Bertz CT molecular complexity index is 1730. The SMILES string of the molecule is COc1ccccc1[C@@H]1c2sc(=O)n(CC(=O)Nc3ccc(Cl)cc3)c2S[C@H]2C(=O)N(c3ccc(C)cc3)C(=O)[C@@H]12. The van der Waals surface area contributed by atoms with Crippen molar-refractivity contribution in [2.75, 3.05) is 17.3 Å². The highest BCUT2D eigenvalue weighted by Crippen LogP contribution is 2.55. The van der Waals surface area contributed by atoms with Crippen molar-refractivity contribution in [3.63, 3.8) is 0 Å². The van der Waals surface area contributed by atoms with Crippen LogP contribution in [-0.2, 0) is 20.9 Å². The Morgan fingerprint density at radius 3 is 2.39 bits per heavy atom. The summed E-state index contributed by atoms with van der Waals surface area (Å²) in [6.45, 7) is 1.69. The van der Waals surface area contributed by atoms with E-state index in [0.717, 1.165) is 16.9 Å². The molecule has 1 saturated heterocycles. The number of para-hydroxylation sites is 1. The highest BCUT2D eigenvalue weighted by molar-refractivity contribution is 8.00. The molecule has 3 aromatic carbocycles. The quantitative estimate of drug-likeness (QED) is 0.299. The normalized spacial score (nSPS) is 19.6. The van der Waals surface area contributed by atoms with Gasteiger partial charge in [-0.15, -0.1) is 0 Å². The molecule has 0 bridgehead atoms. The van der Waals surface area contributed by atoms with Crippen molar-refractivity contribution in [2.24, 2.45) is 5.92 Å². The molecule has 0 radical (unpaired) electrons. The molecule has 3 atom stereocenters. The number of thioether (sulfide) groups is 1. The molecule has 0 saturated carbocycles. The topological polar surface area (TPSA) is 97.7 Å².